The summed E-state index contributed by atoms with van der Waals surface area (Å²) >= 11 is 0. The van der Waals surface area contributed by atoms with Crippen molar-refractivity contribution in [3.8, 4) is 22.6 Å². The zero-order chi connectivity index (χ0) is 43.6. The smallest absolute Gasteiger partial charge is 0.407 e. The molecule has 0 fully saturated rings. The number of benzene rings is 2. The largest absolute Gasteiger partial charge is 0.493 e. The van der Waals surface area contributed by atoms with Crippen LogP contribution in [0.15, 0.2) is 36.4 Å². The fraction of sp³-hybridized carbons (Fsp3) is 0.605. The Hall–Kier alpha value is -4.47. The van der Waals surface area contributed by atoms with Crippen molar-refractivity contribution in [1.82, 2.24) is 15.5 Å². The van der Waals surface area contributed by atoms with Crippen LogP contribution in [0.3, 0.4) is 0 Å². The standard InChI is InChI=1S/C43H66N4O10Si/c1-13-20-54-36-17-15-29-26-31(36)30-24-28(14-16-35(30)55-22-19-45-41(52)57-42(3,4)5)25-33(40(51)53-10)46-38(49)27(2)23-34(48)37(29)47(9)39(50)32(44)18-21-56-58(11,12)43(6,7)8/h14-17,24,26-27,32-33,37H,13,18-23,25,44H2,1-12H3,(H,45,52)(H,46,49)/t27-,32+,33+,37+/m1/s1. The molecule has 0 radical (unpaired) electrons. The Kier molecular flexibility index (Phi) is 16.9. The number of nitrogens with zero attached hydrogens (tertiary/aromatic N) is 1. The first-order valence-corrected chi connectivity index (χ1v) is 23.0. The van der Waals surface area contributed by atoms with Crippen LogP contribution in [0.1, 0.15) is 91.8 Å². The highest BCUT2D eigenvalue weighted by Crippen LogP contribution is 2.41. The van der Waals surface area contributed by atoms with Gasteiger partial charge in [0.15, 0.2) is 14.1 Å². The summed E-state index contributed by atoms with van der Waals surface area (Å²) in [6, 6.07) is 7.47. The molecule has 3 amide bonds. The minimum atomic E-state index is -2.10. The van der Waals surface area contributed by atoms with Crippen molar-refractivity contribution in [3.63, 3.8) is 0 Å². The molecule has 4 N–H and O–H groups in total. The molecule has 3 rings (SSSR count). The maximum atomic E-state index is 14.4. The molecule has 4 atom stereocenters. The second-order valence-corrected chi connectivity index (χ2v) is 22.2. The molecule has 0 saturated heterocycles. The van der Waals surface area contributed by atoms with Crippen molar-refractivity contribution in [2.24, 2.45) is 11.7 Å². The molecule has 1 aliphatic rings. The third-order valence-electron chi connectivity index (χ3n) is 10.4. The number of hydrogen-bond acceptors (Lipinski definition) is 11. The van der Waals surface area contributed by atoms with E-state index in [1.54, 1.807) is 58.0 Å². The van der Waals surface area contributed by atoms with Gasteiger partial charge in [-0.2, -0.15) is 0 Å². The first-order chi connectivity index (χ1) is 27.0. The lowest BCUT2D eigenvalue weighted by molar-refractivity contribution is -0.145. The Morgan fingerprint density at radius 1 is 0.948 bits per heavy atom. The average molecular weight is 827 g/mol. The normalized spacial score (nSPS) is 18.3. The average Bonchev–Trinajstić information content (AvgIpc) is 3.13. The molecule has 58 heavy (non-hydrogen) atoms. The molecule has 322 valence electrons. The Bertz CT molecular complexity index is 1770. The Morgan fingerprint density at radius 3 is 2.17 bits per heavy atom. The highest BCUT2D eigenvalue weighted by Gasteiger charge is 2.38. The van der Waals surface area contributed by atoms with Gasteiger partial charge in [-0.25, -0.2) is 9.59 Å². The van der Waals surface area contributed by atoms with Crippen LogP contribution >= 0.6 is 0 Å². The SMILES string of the molecule is CCCOc1ccc2cc1-c1cc(ccc1OCCNC(=O)OC(C)(C)C)C[C@@H](C(=O)OC)NC(=O)[C@H](C)CC(=O)[C@H]2N(C)C(=O)[C@@H](N)CCO[Si](C)(C)C(C)(C)C. The number of Topliss-reactive ketones (excluding diaryl/α,β-unsaturated/α-hetero) is 1. The number of likely N-dealkylation sites (N-methyl/N-ethyl adjacent to an activating group) is 1. The van der Waals surface area contributed by atoms with Gasteiger partial charge in [-0.15, -0.1) is 0 Å². The number of nitrogens with one attached hydrogen (secondary N) is 2. The number of carbonyl (C=O) groups excluding carboxylic acids is 5. The minimum Gasteiger partial charge on any atom is -0.493 e. The van der Waals surface area contributed by atoms with Crippen LogP contribution in [0.5, 0.6) is 11.5 Å². The number of esters is 1. The predicted molar refractivity (Wildman–Crippen MR) is 225 cm³/mol. The van der Waals surface area contributed by atoms with Gasteiger partial charge in [-0.05, 0) is 87.1 Å². The highest BCUT2D eigenvalue weighted by atomic mass is 28.4. The van der Waals surface area contributed by atoms with Crippen molar-refractivity contribution in [2.45, 2.75) is 123 Å². The van der Waals surface area contributed by atoms with Gasteiger partial charge >= 0.3 is 12.1 Å². The fourth-order valence-electron chi connectivity index (χ4n) is 6.12. The number of ketones is 1. The Morgan fingerprint density at radius 2 is 1.57 bits per heavy atom. The lowest BCUT2D eigenvalue weighted by Crippen LogP contribution is -2.48. The quantitative estimate of drug-likeness (QED) is 0.114. The monoisotopic (exact) mass is 826 g/mol. The summed E-state index contributed by atoms with van der Waals surface area (Å²) in [4.78, 5) is 68.8. The van der Waals surface area contributed by atoms with E-state index in [9.17, 15) is 24.0 Å². The molecule has 0 aromatic heterocycles. The molecule has 14 nitrogen and oxygen atoms in total. The number of nitrogens with two attached hydrogens (primary N) is 1. The molecule has 15 heteroatoms. The van der Waals surface area contributed by atoms with Crippen LogP contribution in [0.2, 0.25) is 18.1 Å². The number of ether oxygens (including phenoxy) is 4. The maximum absolute atomic E-state index is 14.4. The van der Waals surface area contributed by atoms with Crippen LogP contribution in [0.25, 0.3) is 11.1 Å². The summed E-state index contributed by atoms with van der Waals surface area (Å²) in [7, 11) is 0.674. The van der Waals surface area contributed by atoms with E-state index in [-0.39, 0.29) is 44.1 Å². The summed E-state index contributed by atoms with van der Waals surface area (Å²) in [5.74, 6) is -1.97. The number of rotatable bonds is 14. The number of fused-ring (bicyclic) bond motifs is 5. The fourth-order valence-corrected chi connectivity index (χ4v) is 7.18. The van der Waals surface area contributed by atoms with Crippen LogP contribution in [0, 0.1) is 5.92 Å². The lowest BCUT2D eigenvalue weighted by atomic mass is 9.89. The van der Waals surface area contributed by atoms with Crippen molar-refractivity contribution in [2.75, 3.05) is 40.5 Å². The second kappa shape index (κ2) is 20.5. The van der Waals surface area contributed by atoms with Gasteiger partial charge in [0.05, 0.1) is 26.3 Å². The maximum Gasteiger partial charge on any atom is 0.407 e. The third-order valence-corrected chi connectivity index (χ3v) is 14.9. The van der Waals surface area contributed by atoms with Gasteiger partial charge in [0, 0.05) is 43.5 Å². The molecule has 2 aromatic carbocycles. The molecule has 0 unspecified atom stereocenters. The molecule has 1 aliphatic heterocycles. The van der Waals surface area contributed by atoms with E-state index in [2.05, 4.69) is 44.5 Å². The van der Waals surface area contributed by atoms with E-state index in [1.807, 2.05) is 13.0 Å². The number of carbonyl (C=O) groups is 5. The van der Waals surface area contributed by atoms with Gasteiger partial charge in [0.1, 0.15) is 35.8 Å². The zero-order valence-electron chi connectivity index (χ0n) is 36.5. The zero-order valence-corrected chi connectivity index (χ0v) is 37.5. The molecule has 1 heterocycles. The van der Waals surface area contributed by atoms with Crippen molar-refractivity contribution in [3.05, 3.63) is 47.5 Å². The first kappa shape index (κ1) is 47.9. The van der Waals surface area contributed by atoms with Gasteiger partial charge < -0.3 is 44.6 Å². The second-order valence-electron chi connectivity index (χ2n) is 17.4. The topological polar surface area (TPSA) is 185 Å². The highest BCUT2D eigenvalue weighted by molar-refractivity contribution is 6.74. The van der Waals surface area contributed by atoms with Gasteiger partial charge in [-0.3, -0.25) is 14.4 Å². The molecule has 4 bridgehead atoms. The molecule has 0 saturated carbocycles. The number of alkyl carbamates (subject to hydrolysis) is 1. The van der Waals surface area contributed by atoms with Crippen LogP contribution in [-0.4, -0.2) is 101 Å². The van der Waals surface area contributed by atoms with E-state index in [1.165, 1.54) is 19.1 Å². The molecule has 0 aliphatic carbocycles. The molecular formula is C43H66N4O10Si. The van der Waals surface area contributed by atoms with E-state index >= 15 is 0 Å². The van der Waals surface area contributed by atoms with Gasteiger partial charge in [-0.1, -0.05) is 46.8 Å². The van der Waals surface area contributed by atoms with Crippen LogP contribution in [-0.2, 0) is 39.5 Å². The van der Waals surface area contributed by atoms with E-state index < -0.39 is 67.6 Å². The van der Waals surface area contributed by atoms with E-state index in [0.29, 0.717) is 46.8 Å². The number of methoxy groups -OCH3 is 1. The number of amides is 3. The van der Waals surface area contributed by atoms with Crippen LogP contribution < -0.4 is 25.8 Å². The Balaban J connectivity index is 2.16. The Labute approximate surface area is 345 Å². The lowest BCUT2D eigenvalue weighted by Gasteiger charge is -2.36. The summed E-state index contributed by atoms with van der Waals surface area (Å²) < 4.78 is 29.2. The molecule has 0 spiro atoms. The predicted octanol–water partition coefficient (Wildman–Crippen LogP) is 6.09. The number of hydrogen-bond donors (Lipinski definition) is 3. The summed E-state index contributed by atoms with van der Waals surface area (Å²) in [6.45, 7) is 20.5. The minimum absolute atomic E-state index is 0.0259. The molecular weight excluding hydrogens is 761 g/mol. The van der Waals surface area contributed by atoms with E-state index in [4.69, 9.17) is 29.1 Å². The van der Waals surface area contributed by atoms with Gasteiger partial charge in [0.25, 0.3) is 0 Å². The summed E-state index contributed by atoms with van der Waals surface area (Å²) in [5.41, 5.74) is 8.11. The van der Waals surface area contributed by atoms with Crippen molar-refractivity contribution >= 4 is 38.0 Å². The summed E-state index contributed by atoms with van der Waals surface area (Å²) in [6.07, 6.45) is 0.219. The summed E-state index contributed by atoms with van der Waals surface area (Å²) in [5, 5.41) is 5.44. The van der Waals surface area contributed by atoms with Crippen molar-refractivity contribution in [1.29, 1.82) is 0 Å². The third kappa shape index (κ3) is 13.3. The van der Waals surface area contributed by atoms with Crippen molar-refractivity contribution < 1.29 is 47.3 Å². The first-order valence-electron chi connectivity index (χ1n) is 20.1. The van der Waals surface area contributed by atoms with Gasteiger partial charge in [0.2, 0.25) is 11.8 Å². The molecule has 2 aromatic rings. The van der Waals surface area contributed by atoms with Crippen LogP contribution in [0.4, 0.5) is 4.79 Å². The van der Waals surface area contributed by atoms with E-state index in [0.717, 1.165) is 0 Å².